The Morgan fingerprint density at radius 1 is 1.03 bits per heavy atom. The van der Waals surface area contributed by atoms with Crippen molar-refractivity contribution < 1.29 is 85.6 Å². The Morgan fingerprint density at radius 3 is 2.51 bits per heavy atom. The first-order chi connectivity index (χ1) is 30.4. The molecule has 2 amide bonds. The van der Waals surface area contributed by atoms with E-state index in [2.05, 4.69) is 44.4 Å². The number of rotatable bonds is 21. The van der Waals surface area contributed by atoms with Crippen molar-refractivity contribution in [1.82, 2.24) is 40.1 Å². The number of thiazole rings is 2. The van der Waals surface area contributed by atoms with E-state index < -0.39 is 84.6 Å². The number of amides is 2. The van der Waals surface area contributed by atoms with Crippen LogP contribution in [0.1, 0.15) is 37.0 Å². The Kier molecular flexibility index (Phi) is 16.0. The molecule has 354 valence electrons. The molecule has 1 aliphatic rings. The number of hydrogen-bond donors (Lipinski definition) is 10. The summed E-state index contributed by atoms with van der Waals surface area (Å²) < 4.78 is 63.1. The third-order valence-electron chi connectivity index (χ3n) is 9.00. The number of carbonyl (C=O) groups is 3. The highest BCUT2D eigenvalue weighted by Crippen LogP contribution is 2.61. The molecule has 27 nitrogen and oxygen atoms in total. The molecule has 0 aliphatic carbocycles. The van der Waals surface area contributed by atoms with Gasteiger partial charge in [0.05, 0.1) is 29.8 Å². The Labute approximate surface area is 378 Å². The van der Waals surface area contributed by atoms with Crippen LogP contribution in [-0.2, 0) is 45.9 Å². The Hall–Kier alpha value is -3.90. The smallest absolute Gasteiger partial charge is 0.481 e. The Bertz CT molecular complexity index is 2700. The number of nitrogens with zero attached hydrogens (tertiary/aromatic N) is 6. The summed E-state index contributed by atoms with van der Waals surface area (Å²) in [5.41, 5.74) is 5.13. The van der Waals surface area contributed by atoms with E-state index in [1.54, 1.807) is 17.5 Å². The van der Waals surface area contributed by atoms with Crippen LogP contribution in [0, 0.1) is 5.41 Å². The summed E-state index contributed by atoms with van der Waals surface area (Å²) in [6.45, 7) is 0.279. The zero-order valence-corrected chi connectivity index (χ0v) is 38.7. The van der Waals surface area contributed by atoms with Crippen molar-refractivity contribution in [3.63, 3.8) is 0 Å². The summed E-state index contributed by atoms with van der Waals surface area (Å²) in [5.74, 6) is -1.23. The molecule has 5 aromatic rings. The molecule has 7 atom stereocenters. The van der Waals surface area contributed by atoms with Crippen LogP contribution in [0.15, 0.2) is 36.2 Å². The highest BCUT2D eigenvalue weighted by molar-refractivity contribution is 8.14. The third kappa shape index (κ3) is 13.2. The lowest BCUT2D eigenvalue weighted by Crippen LogP contribution is -2.46. The van der Waals surface area contributed by atoms with Crippen LogP contribution in [0.4, 0.5) is 5.82 Å². The molecule has 1 aliphatic heterocycles. The molecule has 1 aromatic carbocycles. The maximum Gasteiger partial charge on any atom is 0.481 e. The second-order valence-electron chi connectivity index (χ2n) is 14.4. The van der Waals surface area contributed by atoms with Gasteiger partial charge in [-0.2, -0.15) is 4.31 Å². The van der Waals surface area contributed by atoms with Crippen molar-refractivity contribution >= 4 is 102 Å². The number of nitrogen functional groups attached to an aromatic ring is 1. The normalized spacial score (nSPS) is 20.4. The number of hydrogen-bond acceptors (Lipinski definition) is 23. The number of aromatic nitrogens is 6. The number of nitrogens with one attached hydrogen (secondary N) is 2. The van der Waals surface area contributed by atoms with Gasteiger partial charge < -0.3 is 56.0 Å². The number of phosphoric ester groups is 3. The number of phosphoric acid groups is 3. The first-order valence-corrected chi connectivity index (χ1v) is 25.7. The molecule has 33 heteroatoms. The standard InChI is InChI=1S/C32H40N9O18P3S3/c1-32(2,24(45)27(46)35-6-5-20(43)34-7-8-63-31(47)17-11-64-28(40-17)29-39-16-4-3-15(42)9-19(16)65-29)12-56-62(53,54)59-61(51,52)55-10-18-23(58-60(48,49)50)22(44)30(57-18)41-14-38-21-25(33)36-13-37-26(21)41/h3-4,9,11,13-14,18,22-24,30,42,44-45H,5-8,10,12H2,1-2H3,(H,34,43)(H,35,46)(H,51,52)(H,53,54)(H2,33,36,37)(H2,48,49,50)/t18-,22-,23-,24?,30-/m1/s1. The van der Waals surface area contributed by atoms with Gasteiger partial charge in [0.25, 0.3) is 0 Å². The summed E-state index contributed by atoms with van der Waals surface area (Å²) in [6, 6.07) is 4.79. The average molecular weight is 1030 g/mol. The molecule has 3 unspecified atom stereocenters. The third-order valence-corrected chi connectivity index (χ3v) is 15.0. The van der Waals surface area contributed by atoms with Gasteiger partial charge in [-0.05, 0) is 18.2 Å². The van der Waals surface area contributed by atoms with E-state index in [1.807, 2.05) is 0 Å². The molecular weight excluding hydrogens is 988 g/mol. The van der Waals surface area contributed by atoms with Gasteiger partial charge in [0, 0.05) is 36.1 Å². The number of benzene rings is 1. The van der Waals surface area contributed by atoms with Gasteiger partial charge in [0.1, 0.15) is 47.7 Å². The topological polar surface area (TPSA) is 410 Å². The fraction of sp³-hybridized carbons (Fsp3) is 0.438. The zero-order valence-electron chi connectivity index (χ0n) is 33.5. The van der Waals surface area contributed by atoms with E-state index in [1.165, 1.54) is 42.6 Å². The fourth-order valence-corrected chi connectivity index (χ4v) is 11.2. The summed E-state index contributed by atoms with van der Waals surface area (Å²) in [7, 11) is -16.5. The van der Waals surface area contributed by atoms with E-state index in [-0.39, 0.29) is 58.8 Å². The number of fused-ring (bicyclic) bond motifs is 2. The van der Waals surface area contributed by atoms with Gasteiger partial charge in [-0.25, -0.2) is 38.6 Å². The number of aliphatic hydroxyl groups is 2. The number of phenolic OH excluding ortho intramolecular Hbond substituents is 1. The minimum atomic E-state index is -5.60. The quantitative estimate of drug-likeness (QED) is 0.0367. The minimum absolute atomic E-state index is 0.0220. The summed E-state index contributed by atoms with van der Waals surface area (Å²) in [5, 5.41) is 38.6. The predicted molar refractivity (Wildman–Crippen MR) is 229 cm³/mol. The highest BCUT2D eigenvalue weighted by atomic mass is 32.2. The number of carbonyl (C=O) groups excluding carboxylic acids is 3. The van der Waals surface area contributed by atoms with Gasteiger partial charge in [-0.3, -0.25) is 32.5 Å². The van der Waals surface area contributed by atoms with Crippen LogP contribution in [0.5, 0.6) is 5.75 Å². The van der Waals surface area contributed by atoms with Crippen molar-refractivity contribution in [2.75, 3.05) is 37.8 Å². The number of imidazole rings is 1. The first kappa shape index (κ1) is 50.5. The molecular formula is C32H40N9O18P3S3. The maximum atomic E-state index is 12.7. The predicted octanol–water partition coefficient (Wildman–Crippen LogP) is 1.42. The monoisotopic (exact) mass is 1030 g/mol. The van der Waals surface area contributed by atoms with Gasteiger partial charge >= 0.3 is 23.5 Å². The van der Waals surface area contributed by atoms with Gasteiger partial charge in [-0.1, -0.05) is 25.6 Å². The highest BCUT2D eigenvalue weighted by Gasteiger charge is 2.50. The Morgan fingerprint density at radius 2 is 1.77 bits per heavy atom. The molecule has 6 rings (SSSR count). The van der Waals surface area contributed by atoms with E-state index in [0.29, 0.717) is 15.5 Å². The number of aliphatic hydroxyl groups excluding tert-OH is 2. The maximum absolute atomic E-state index is 12.7. The van der Waals surface area contributed by atoms with Crippen molar-refractivity contribution in [2.24, 2.45) is 5.41 Å². The molecule has 0 saturated carbocycles. The molecule has 0 radical (unpaired) electrons. The number of nitrogens with two attached hydrogens (primary N) is 1. The molecule has 0 spiro atoms. The second-order valence-corrected chi connectivity index (χ2v) is 21.6. The summed E-state index contributed by atoms with van der Waals surface area (Å²) in [4.78, 5) is 97.7. The Balaban J connectivity index is 0.904. The largest absolute Gasteiger partial charge is 0.508 e. The summed E-state index contributed by atoms with van der Waals surface area (Å²) in [6.07, 6.45) is -7.07. The summed E-state index contributed by atoms with van der Waals surface area (Å²) >= 11 is 3.50. The number of aromatic hydroxyl groups is 1. The molecule has 65 heavy (non-hydrogen) atoms. The van der Waals surface area contributed by atoms with Crippen LogP contribution >= 0.6 is 57.9 Å². The van der Waals surface area contributed by atoms with Crippen LogP contribution in [0.2, 0.25) is 0 Å². The number of thioether (sulfide) groups is 1. The number of anilines is 1. The van der Waals surface area contributed by atoms with Crippen LogP contribution < -0.4 is 16.4 Å². The van der Waals surface area contributed by atoms with Gasteiger partial charge in [-0.15, -0.1) is 22.7 Å². The zero-order chi connectivity index (χ0) is 47.5. The van der Waals surface area contributed by atoms with Gasteiger partial charge in [0.15, 0.2) is 27.7 Å². The molecule has 5 heterocycles. The molecule has 0 bridgehead atoms. The van der Waals surface area contributed by atoms with Crippen LogP contribution in [-0.4, -0.2) is 138 Å². The number of ether oxygens (including phenoxy) is 1. The van der Waals surface area contributed by atoms with Crippen molar-refractivity contribution in [2.45, 2.75) is 50.9 Å². The van der Waals surface area contributed by atoms with Crippen molar-refractivity contribution in [3.05, 3.63) is 41.9 Å². The lowest BCUT2D eigenvalue weighted by atomic mass is 9.87. The SMILES string of the molecule is CC(C)(COP(=O)(O)OP(=O)(O)OC[C@H]1O[C@@H](n2cnc3c(N)ncnc32)[C@H](O)[C@@H]1OP(=O)(O)O)C(O)C(=O)NCCC(=O)NCCSC(=O)c1csc(-c2nc3ccc(O)cc3s2)n1. The molecule has 1 saturated heterocycles. The van der Waals surface area contributed by atoms with E-state index in [9.17, 15) is 63.0 Å². The van der Waals surface area contributed by atoms with Crippen molar-refractivity contribution in [1.29, 1.82) is 0 Å². The molecule has 1 fully saturated rings. The van der Waals surface area contributed by atoms with E-state index in [4.69, 9.17) is 19.5 Å². The first-order valence-electron chi connectivity index (χ1n) is 18.5. The van der Waals surface area contributed by atoms with Crippen LogP contribution in [0.25, 0.3) is 31.4 Å². The lowest BCUT2D eigenvalue weighted by molar-refractivity contribution is -0.137. The fourth-order valence-electron chi connectivity index (χ4n) is 5.82. The molecule has 4 aromatic heterocycles. The second kappa shape index (κ2) is 20.5. The molecule has 11 N–H and O–H groups in total. The lowest BCUT2D eigenvalue weighted by Gasteiger charge is -2.30. The average Bonchev–Trinajstić information content (AvgIpc) is 4.03. The minimum Gasteiger partial charge on any atom is -0.508 e. The van der Waals surface area contributed by atoms with Crippen molar-refractivity contribution in [3.8, 4) is 15.8 Å². The van der Waals surface area contributed by atoms with Crippen LogP contribution in [0.3, 0.4) is 0 Å². The van der Waals surface area contributed by atoms with E-state index >= 15 is 0 Å². The van der Waals surface area contributed by atoms with E-state index in [0.717, 1.165) is 33.7 Å². The number of phenols is 1. The van der Waals surface area contributed by atoms with Gasteiger partial charge in [0.2, 0.25) is 16.9 Å².